The summed E-state index contributed by atoms with van der Waals surface area (Å²) in [6, 6.07) is 21.9. The van der Waals surface area contributed by atoms with Gasteiger partial charge in [0.2, 0.25) is 11.8 Å². The van der Waals surface area contributed by atoms with Crippen molar-refractivity contribution in [3.63, 3.8) is 0 Å². The molecule has 2 amide bonds. The van der Waals surface area contributed by atoms with E-state index >= 15 is 0 Å². The fourth-order valence-corrected chi connectivity index (χ4v) is 3.54. The molecule has 0 spiro atoms. The summed E-state index contributed by atoms with van der Waals surface area (Å²) < 4.78 is 5.76. The largest absolute Gasteiger partial charge is 0.457 e. The Morgan fingerprint density at radius 3 is 2.37 bits per heavy atom. The third kappa shape index (κ3) is 4.63. The van der Waals surface area contributed by atoms with Gasteiger partial charge in [-0.2, -0.15) is 0 Å². The number of rotatable bonds is 5. The number of anilines is 2. The molecule has 1 saturated heterocycles. The third-order valence-electron chi connectivity index (χ3n) is 4.98. The number of hydrogen-bond acceptors (Lipinski definition) is 3. The minimum absolute atomic E-state index is 0.0348. The lowest BCUT2D eigenvalue weighted by Gasteiger charge is -2.17. The first-order chi connectivity index (χ1) is 14.5. The highest BCUT2D eigenvalue weighted by atomic mass is 35.5. The minimum Gasteiger partial charge on any atom is -0.457 e. The molecule has 0 aliphatic carbocycles. The first-order valence-corrected chi connectivity index (χ1v) is 10.1. The summed E-state index contributed by atoms with van der Waals surface area (Å²) in [5.41, 5.74) is 2.57. The monoisotopic (exact) mass is 420 g/mol. The van der Waals surface area contributed by atoms with Crippen molar-refractivity contribution in [3.05, 3.63) is 83.4 Å². The van der Waals surface area contributed by atoms with Crippen LogP contribution in [0.5, 0.6) is 11.5 Å². The van der Waals surface area contributed by atoms with E-state index in [0.717, 1.165) is 11.3 Å². The molecule has 0 radical (unpaired) electrons. The molecule has 5 nitrogen and oxygen atoms in total. The van der Waals surface area contributed by atoms with E-state index in [-0.39, 0.29) is 24.2 Å². The fourth-order valence-electron chi connectivity index (χ4n) is 3.42. The van der Waals surface area contributed by atoms with Crippen molar-refractivity contribution in [2.24, 2.45) is 5.92 Å². The first kappa shape index (κ1) is 20.0. The quantitative estimate of drug-likeness (QED) is 0.598. The molecule has 3 aromatic carbocycles. The van der Waals surface area contributed by atoms with Crippen LogP contribution >= 0.6 is 11.6 Å². The topological polar surface area (TPSA) is 58.6 Å². The molecule has 0 saturated carbocycles. The third-order valence-corrected chi connectivity index (χ3v) is 5.23. The summed E-state index contributed by atoms with van der Waals surface area (Å²) in [5.74, 6) is 0.745. The average Bonchev–Trinajstić information content (AvgIpc) is 3.13. The Hall–Kier alpha value is -3.31. The van der Waals surface area contributed by atoms with E-state index in [2.05, 4.69) is 5.32 Å². The van der Waals surface area contributed by atoms with Crippen LogP contribution in [0.1, 0.15) is 12.0 Å². The van der Waals surface area contributed by atoms with E-state index in [1.165, 1.54) is 0 Å². The number of carbonyl (C=O) groups is 2. The minimum atomic E-state index is -0.386. The van der Waals surface area contributed by atoms with Crippen molar-refractivity contribution in [3.8, 4) is 11.5 Å². The zero-order chi connectivity index (χ0) is 21.1. The lowest BCUT2D eigenvalue weighted by Crippen LogP contribution is -2.28. The molecular formula is C24H21ClN2O3. The molecule has 1 N–H and O–H groups in total. The molecular weight excluding hydrogens is 400 g/mol. The van der Waals surface area contributed by atoms with Crippen molar-refractivity contribution < 1.29 is 14.3 Å². The second-order valence-electron chi connectivity index (χ2n) is 7.31. The molecule has 1 aliphatic heterocycles. The number of carbonyl (C=O) groups excluding carboxylic acids is 2. The molecule has 3 aromatic rings. The maximum Gasteiger partial charge on any atom is 0.229 e. The molecule has 30 heavy (non-hydrogen) atoms. The summed E-state index contributed by atoms with van der Waals surface area (Å²) in [4.78, 5) is 26.8. The van der Waals surface area contributed by atoms with Gasteiger partial charge < -0.3 is 15.0 Å². The summed E-state index contributed by atoms with van der Waals surface area (Å²) in [5, 5.41) is 3.54. The van der Waals surface area contributed by atoms with Gasteiger partial charge in [-0.05, 0) is 73.2 Å². The summed E-state index contributed by atoms with van der Waals surface area (Å²) in [6.45, 7) is 2.36. The van der Waals surface area contributed by atoms with Crippen molar-refractivity contribution in [2.45, 2.75) is 13.3 Å². The van der Waals surface area contributed by atoms with Crippen LogP contribution in [-0.2, 0) is 9.59 Å². The average molecular weight is 421 g/mol. The van der Waals surface area contributed by atoms with Gasteiger partial charge in [0, 0.05) is 29.4 Å². The Bertz CT molecular complexity index is 1060. The highest BCUT2D eigenvalue weighted by Gasteiger charge is 2.35. The van der Waals surface area contributed by atoms with Crippen molar-refractivity contribution >= 4 is 34.8 Å². The Labute approximate surface area is 180 Å². The van der Waals surface area contributed by atoms with Crippen molar-refractivity contribution in [2.75, 3.05) is 16.8 Å². The number of benzene rings is 3. The lowest BCUT2D eigenvalue weighted by atomic mass is 10.1. The number of nitrogens with one attached hydrogen (secondary N) is 1. The number of amides is 2. The second kappa shape index (κ2) is 8.59. The summed E-state index contributed by atoms with van der Waals surface area (Å²) >= 11 is 5.88. The Kier molecular flexibility index (Phi) is 5.72. The molecule has 1 heterocycles. The van der Waals surface area contributed by atoms with E-state index in [4.69, 9.17) is 16.3 Å². The zero-order valence-corrected chi connectivity index (χ0v) is 17.2. The van der Waals surface area contributed by atoms with Gasteiger partial charge in [0.15, 0.2) is 0 Å². The molecule has 1 atom stereocenters. The number of hydrogen-bond donors (Lipinski definition) is 1. The lowest BCUT2D eigenvalue weighted by molar-refractivity contribution is -0.122. The molecule has 0 aromatic heterocycles. The van der Waals surface area contributed by atoms with Crippen LogP contribution < -0.4 is 15.0 Å². The van der Waals surface area contributed by atoms with Gasteiger partial charge >= 0.3 is 0 Å². The zero-order valence-electron chi connectivity index (χ0n) is 16.5. The normalized spacial score (nSPS) is 15.9. The van der Waals surface area contributed by atoms with E-state index in [1.54, 1.807) is 53.4 Å². The van der Waals surface area contributed by atoms with Gasteiger partial charge in [-0.3, -0.25) is 9.59 Å². The number of nitrogens with zero attached hydrogens (tertiary/aromatic N) is 1. The Morgan fingerprint density at radius 1 is 1.03 bits per heavy atom. The van der Waals surface area contributed by atoms with Crippen LogP contribution in [-0.4, -0.2) is 18.4 Å². The number of halogens is 1. The van der Waals surface area contributed by atoms with Crippen LogP contribution in [0.2, 0.25) is 5.02 Å². The molecule has 0 unspecified atom stereocenters. The number of ether oxygens (including phenoxy) is 1. The van der Waals surface area contributed by atoms with E-state index < -0.39 is 0 Å². The predicted molar refractivity (Wildman–Crippen MR) is 118 cm³/mol. The van der Waals surface area contributed by atoms with Crippen LogP contribution in [0.25, 0.3) is 0 Å². The van der Waals surface area contributed by atoms with Gasteiger partial charge in [0.05, 0.1) is 5.92 Å². The first-order valence-electron chi connectivity index (χ1n) is 9.69. The molecule has 152 valence electrons. The fraction of sp³-hybridized carbons (Fsp3) is 0.167. The maximum atomic E-state index is 12.7. The van der Waals surface area contributed by atoms with Gasteiger partial charge in [0.1, 0.15) is 11.5 Å². The van der Waals surface area contributed by atoms with Gasteiger partial charge in [-0.25, -0.2) is 0 Å². The van der Waals surface area contributed by atoms with E-state index in [0.29, 0.717) is 28.8 Å². The highest BCUT2D eigenvalue weighted by molar-refractivity contribution is 6.30. The maximum absolute atomic E-state index is 12.7. The second-order valence-corrected chi connectivity index (χ2v) is 7.75. The standard InChI is InChI=1S/C24H21ClN2O3/c1-16-3-2-4-20(13-16)27-15-17(14-23(27)28)24(29)26-19-7-11-22(12-8-19)30-21-9-5-18(25)6-10-21/h2-13,17H,14-15H2,1H3,(H,26,29)/t17-/m1/s1. The van der Waals surface area contributed by atoms with Crippen molar-refractivity contribution in [1.29, 1.82) is 0 Å². The van der Waals surface area contributed by atoms with Gasteiger partial charge in [0.25, 0.3) is 0 Å². The predicted octanol–water partition coefficient (Wildman–Crippen LogP) is 5.43. The van der Waals surface area contributed by atoms with Crippen LogP contribution in [0.4, 0.5) is 11.4 Å². The SMILES string of the molecule is Cc1cccc(N2C[C@H](C(=O)Nc3ccc(Oc4ccc(Cl)cc4)cc3)CC2=O)c1. The highest BCUT2D eigenvalue weighted by Crippen LogP contribution is 2.28. The van der Waals surface area contributed by atoms with Gasteiger partial charge in [-0.15, -0.1) is 0 Å². The molecule has 1 fully saturated rings. The van der Waals surface area contributed by atoms with Crippen LogP contribution in [0.3, 0.4) is 0 Å². The summed E-state index contributed by atoms with van der Waals surface area (Å²) in [7, 11) is 0. The Balaban J connectivity index is 1.37. The van der Waals surface area contributed by atoms with E-state index in [1.807, 2.05) is 31.2 Å². The Morgan fingerprint density at radius 2 is 1.70 bits per heavy atom. The summed E-state index contributed by atoms with van der Waals surface area (Å²) in [6.07, 6.45) is 0.206. The van der Waals surface area contributed by atoms with E-state index in [9.17, 15) is 9.59 Å². The number of aryl methyl sites for hydroxylation is 1. The molecule has 1 aliphatic rings. The van der Waals surface area contributed by atoms with Gasteiger partial charge in [-0.1, -0.05) is 23.7 Å². The van der Waals surface area contributed by atoms with Crippen LogP contribution in [0.15, 0.2) is 72.8 Å². The molecule has 6 heteroatoms. The van der Waals surface area contributed by atoms with Crippen molar-refractivity contribution in [1.82, 2.24) is 0 Å². The van der Waals surface area contributed by atoms with Crippen LogP contribution in [0, 0.1) is 12.8 Å². The smallest absolute Gasteiger partial charge is 0.229 e. The molecule has 4 rings (SSSR count). The molecule has 0 bridgehead atoms.